The predicted molar refractivity (Wildman–Crippen MR) is 98.5 cm³/mol. The summed E-state index contributed by atoms with van der Waals surface area (Å²) in [4.78, 5) is 12.4. The van der Waals surface area contributed by atoms with Gasteiger partial charge < -0.3 is 10.1 Å². The Hall–Kier alpha value is -3.29. The van der Waals surface area contributed by atoms with Crippen LogP contribution in [0.2, 0.25) is 0 Å². The van der Waals surface area contributed by atoms with Gasteiger partial charge in [-0.15, -0.1) is 0 Å². The quantitative estimate of drug-likeness (QED) is 0.678. The number of amides is 1. The summed E-state index contributed by atoms with van der Waals surface area (Å²) in [6.45, 7) is 1.02. The van der Waals surface area contributed by atoms with Crippen LogP contribution in [0.5, 0.6) is 5.75 Å². The van der Waals surface area contributed by atoms with Crippen LogP contribution in [-0.2, 0) is 6.54 Å². The van der Waals surface area contributed by atoms with E-state index in [2.05, 4.69) is 15.2 Å². The molecule has 1 aromatic heterocycles. The number of carbonyl (C=O) groups is 1. The van der Waals surface area contributed by atoms with Gasteiger partial charge in [-0.2, -0.15) is 18.3 Å². The number of anilines is 1. The SMILES string of the molecule is Cc1cc(NC(=O)c2cccc(OCC(F)(F)F)c2)nn1Cc1ccccc1. The molecule has 1 amide bonds. The summed E-state index contributed by atoms with van der Waals surface area (Å²) < 4.78 is 43.2. The van der Waals surface area contributed by atoms with Crippen LogP contribution in [0.3, 0.4) is 0 Å². The van der Waals surface area contributed by atoms with Crippen LogP contribution in [0.1, 0.15) is 21.6 Å². The van der Waals surface area contributed by atoms with E-state index >= 15 is 0 Å². The third kappa shape index (κ3) is 5.35. The van der Waals surface area contributed by atoms with Crippen LogP contribution in [-0.4, -0.2) is 28.5 Å². The lowest BCUT2D eigenvalue weighted by molar-refractivity contribution is -0.153. The van der Waals surface area contributed by atoms with E-state index in [-0.39, 0.29) is 11.3 Å². The molecule has 8 heteroatoms. The van der Waals surface area contributed by atoms with E-state index in [1.807, 2.05) is 37.3 Å². The van der Waals surface area contributed by atoms with Crippen molar-refractivity contribution in [3.8, 4) is 5.75 Å². The van der Waals surface area contributed by atoms with Crippen LogP contribution < -0.4 is 10.1 Å². The minimum atomic E-state index is -4.44. The fourth-order valence-corrected chi connectivity index (χ4v) is 2.57. The summed E-state index contributed by atoms with van der Waals surface area (Å²) in [5.74, 6) is -0.155. The largest absolute Gasteiger partial charge is 0.484 e. The second-order valence-electron chi connectivity index (χ2n) is 6.20. The lowest BCUT2D eigenvalue weighted by Gasteiger charge is -2.10. The van der Waals surface area contributed by atoms with Crippen LogP contribution >= 0.6 is 0 Å². The molecule has 0 aliphatic rings. The third-order valence-electron chi connectivity index (χ3n) is 3.90. The predicted octanol–water partition coefficient (Wildman–Crippen LogP) is 4.43. The Bertz CT molecular complexity index is 953. The molecule has 0 saturated carbocycles. The molecule has 1 heterocycles. The van der Waals surface area contributed by atoms with Gasteiger partial charge in [-0.1, -0.05) is 36.4 Å². The molecule has 1 N–H and O–H groups in total. The van der Waals surface area contributed by atoms with Gasteiger partial charge in [-0.3, -0.25) is 9.48 Å². The first-order chi connectivity index (χ1) is 13.3. The highest BCUT2D eigenvalue weighted by Crippen LogP contribution is 2.20. The number of alkyl halides is 3. The lowest BCUT2D eigenvalue weighted by atomic mass is 10.2. The maximum Gasteiger partial charge on any atom is 0.422 e. The second-order valence-corrected chi connectivity index (χ2v) is 6.20. The number of aromatic nitrogens is 2. The molecule has 0 spiro atoms. The van der Waals surface area contributed by atoms with Crippen LogP contribution in [0, 0.1) is 6.92 Å². The number of ether oxygens (including phenoxy) is 1. The highest BCUT2D eigenvalue weighted by atomic mass is 19.4. The van der Waals surface area contributed by atoms with Gasteiger partial charge in [0.15, 0.2) is 12.4 Å². The Labute approximate surface area is 159 Å². The van der Waals surface area contributed by atoms with E-state index in [0.29, 0.717) is 12.4 Å². The van der Waals surface area contributed by atoms with E-state index < -0.39 is 18.7 Å². The molecule has 3 rings (SSSR count). The van der Waals surface area contributed by atoms with E-state index in [9.17, 15) is 18.0 Å². The summed E-state index contributed by atoms with van der Waals surface area (Å²) in [5, 5.41) is 7.02. The van der Waals surface area contributed by atoms with E-state index in [4.69, 9.17) is 0 Å². The van der Waals surface area contributed by atoms with Crippen molar-refractivity contribution >= 4 is 11.7 Å². The van der Waals surface area contributed by atoms with Gasteiger partial charge in [0.25, 0.3) is 5.91 Å². The zero-order valence-electron chi connectivity index (χ0n) is 15.0. The zero-order valence-corrected chi connectivity index (χ0v) is 15.0. The number of carbonyl (C=O) groups excluding carboxylic acids is 1. The molecular weight excluding hydrogens is 371 g/mol. The first kappa shape index (κ1) is 19.5. The molecule has 0 atom stereocenters. The smallest absolute Gasteiger partial charge is 0.422 e. The molecular formula is C20H18F3N3O2. The van der Waals surface area contributed by atoms with Crippen molar-refractivity contribution in [2.24, 2.45) is 0 Å². The van der Waals surface area contributed by atoms with Crippen molar-refractivity contribution in [2.75, 3.05) is 11.9 Å². The Morgan fingerprint density at radius 2 is 1.86 bits per heavy atom. The Kier molecular flexibility index (Phi) is 5.67. The lowest BCUT2D eigenvalue weighted by Crippen LogP contribution is -2.19. The Morgan fingerprint density at radius 3 is 2.57 bits per heavy atom. The summed E-state index contributed by atoms with van der Waals surface area (Å²) >= 11 is 0. The number of benzene rings is 2. The molecule has 0 aliphatic carbocycles. The van der Waals surface area contributed by atoms with Crippen LogP contribution in [0.15, 0.2) is 60.7 Å². The standard InChI is InChI=1S/C20H18F3N3O2/c1-14-10-18(25-26(14)12-15-6-3-2-4-7-15)24-19(27)16-8-5-9-17(11-16)28-13-20(21,22)23/h2-11H,12-13H2,1H3,(H,24,25,27). The van der Waals surface area contributed by atoms with Crippen molar-refractivity contribution in [3.63, 3.8) is 0 Å². The number of hydrogen-bond acceptors (Lipinski definition) is 3. The number of rotatable bonds is 6. The van der Waals surface area contributed by atoms with Crippen molar-refractivity contribution < 1.29 is 22.7 Å². The molecule has 0 radical (unpaired) electrons. The van der Waals surface area contributed by atoms with E-state index in [1.54, 1.807) is 10.7 Å². The average Bonchev–Trinajstić information content (AvgIpc) is 2.99. The first-order valence-corrected chi connectivity index (χ1v) is 8.49. The summed E-state index contributed by atoms with van der Waals surface area (Å²) in [7, 11) is 0. The molecule has 0 saturated heterocycles. The number of halogens is 3. The van der Waals surface area contributed by atoms with Crippen LogP contribution in [0.4, 0.5) is 19.0 Å². The normalized spacial score (nSPS) is 11.3. The summed E-state index contributed by atoms with van der Waals surface area (Å²) in [6, 6.07) is 17.1. The highest BCUT2D eigenvalue weighted by molar-refractivity contribution is 6.04. The average molecular weight is 389 g/mol. The van der Waals surface area contributed by atoms with Gasteiger partial charge in [-0.25, -0.2) is 0 Å². The number of nitrogens with one attached hydrogen (secondary N) is 1. The number of aryl methyl sites for hydroxylation is 1. The highest BCUT2D eigenvalue weighted by Gasteiger charge is 2.28. The number of nitrogens with zero attached hydrogens (tertiary/aromatic N) is 2. The maximum absolute atomic E-state index is 12.4. The van der Waals surface area contributed by atoms with Gasteiger partial charge >= 0.3 is 6.18 Å². The monoisotopic (exact) mass is 389 g/mol. The molecule has 0 fully saturated rings. The minimum absolute atomic E-state index is 0.0317. The van der Waals surface area contributed by atoms with Crippen molar-refractivity contribution in [2.45, 2.75) is 19.6 Å². The first-order valence-electron chi connectivity index (χ1n) is 8.49. The van der Waals surface area contributed by atoms with Crippen molar-refractivity contribution in [1.82, 2.24) is 9.78 Å². The molecule has 5 nitrogen and oxygen atoms in total. The van der Waals surface area contributed by atoms with Gasteiger partial charge in [-0.05, 0) is 30.7 Å². The van der Waals surface area contributed by atoms with Crippen molar-refractivity contribution in [3.05, 3.63) is 77.5 Å². The summed E-state index contributed by atoms with van der Waals surface area (Å²) in [5.41, 5.74) is 2.11. The summed E-state index contributed by atoms with van der Waals surface area (Å²) in [6.07, 6.45) is -4.44. The fourth-order valence-electron chi connectivity index (χ4n) is 2.57. The van der Waals surface area contributed by atoms with E-state index in [1.165, 1.54) is 24.3 Å². The molecule has 0 bridgehead atoms. The van der Waals surface area contributed by atoms with Gasteiger partial charge in [0.1, 0.15) is 5.75 Å². The fraction of sp³-hybridized carbons (Fsp3) is 0.200. The van der Waals surface area contributed by atoms with Gasteiger partial charge in [0.2, 0.25) is 0 Å². The topological polar surface area (TPSA) is 56.1 Å². The van der Waals surface area contributed by atoms with Crippen molar-refractivity contribution in [1.29, 1.82) is 0 Å². The Morgan fingerprint density at radius 1 is 1.11 bits per heavy atom. The van der Waals surface area contributed by atoms with Gasteiger partial charge in [0.05, 0.1) is 6.54 Å². The molecule has 28 heavy (non-hydrogen) atoms. The van der Waals surface area contributed by atoms with Gasteiger partial charge in [0, 0.05) is 17.3 Å². The second kappa shape index (κ2) is 8.16. The molecule has 3 aromatic rings. The molecule has 0 aliphatic heterocycles. The minimum Gasteiger partial charge on any atom is -0.484 e. The molecule has 0 unspecified atom stereocenters. The number of hydrogen-bond donors (Lipinski definition) is 1. The Balaban J connectivity index is 1.67. The third-order valence-corrected chi connectivity index (χ3v) is 3.90. The van der Waals surface area contributed by atoms with E-state index in [0.717, 1.165) is 11.3 Å². The zero-order chi connectivity index (χ0) is 20.1. The maximum atomic E-state index is 12.4. The van der Waals surface area contributed by atoms with Crippen LogP contribution in [0.25, 0.3) is 0 Å². The molecule has 146 valence electrons. The molecule has 2 aromatic carbocycles.